The first-order chi connectivity index (χ1) is 6.47. The van der Waals surface area contributed by atoms with E-state index >= 15 is 0 Å². The summed E-state index contributed by atoms with van der Waals surface area (Å²) < 4.78 is 4.57. The van der Waals surface area contributed by atoms with Gasteiger partial charge in [-0.2, -0.15) is 0 Å². The molecule has 0 aromatic heterocycles. The first-order valence-corrected chi connectivity index (χ1v) is 4.17. The summed E-state index contributed by atoms with van der Waals surface area (Å²) >= 11 is 0. The van der Waals surface area contributed by atoms with Gasteiger partial charge in [-0.05, 0) is 13.3 Å². The first-order valence-electron chi connectivity index (χ1n) is 4.17. The number of carbonyl (C=O) groups is 2. The Morgan fingerprint density at radius 3 is 2.50 bits per heavy atom. The van der Waals surface area contributed by atoms with E-state index in [9.17, 15) is 9.59 Å². The Bertz CT molecular complexity index is 221. The van der Waals surface area contributed by atoms with Gasteiger partial charge in [0.2, 0.25) is 0 Å². The molecular formula is C9H14O5. The summed E-state index contributed by atoms with van der Waals surface area (Å²) in [7, 11) is 0. The van der Waals surface area contributed by atoms with Crippen LogP contribution in [0.3, 0.4) is 0 Å². The molecule has 0 heterocycles. The topological polar surface area (TPSA) is 83.8 Å². The molecule has 0 aliphatic rings. The molecule has 0 fully saturated rings. The molecule has 2 N–H and O–H groups in total. The van der Waals surface area contributed by atoms with Crippen molar-refractivity contribution in [3.8, 4) is 0 Å². The summed E-state index contributed by atoms with van der Waals surface area (Å²) in [5, 5.41) is 17.6. The first kappa shape index (κ1) is 12.6. The summed E-state index contributed by atoms with van der Waals surface area (Å²) in [5.74, 6) is -2.64. The normalized spacial score (nSPS) is 14.1. The highest BCUT2D eigenvalue weighted by molar-refractivity contribution is 5.81. The SMILES string of the molecule is C=CC(=O)OCC(CC(C)O)C(=O)O. The van der Waals surface area contributed by atoms with E-state index in [1.807, 2.05) is 0 Å². The number of carbonyl (C=O) groups excluding carboxylic acids is 1. The number of hydrogen-bond donors (Lipinski definition) is 2. The van der Waals surface area contributed by atoms with Gasteiger partial charge >= 0.3 is 11.9 Å². The van der Waals surface area contributed by atoms with Crippen LogP contribution < -0.4 is 0 Å². The lowest BCUT2D eigenvalue weighted by Gasteiger charge is -2.13. The zero-order chi connectivity index (χ0) is 11.1. The molecule has 14 heavy (non-hydrogen) atoms. The van der Waals surface area contributed by atoms with Gasteiger partial charge in [-0.25, -0.2) is 4.79 Å². The Morgan fingerprint density at radius 1 is 1.57 bits per heavy atom. The van der Waals surface area contributed by atoms with Crippen LogP contribution in [0.2, 0.25) is 0 Å². The summed E-state index contributed by atoms with van der Waals surface area (Å²) in [4.78, 5) is 21.2. The Morgan fingerprint density at radius 2 is 2.14 bits per heavy atom. The predicted octanol–water partition coefficient (Wildman–Crippen LogP) is 0.187. The van der Waals surface area contributed by atoms with Gasteiger partial charge in [-0.1, -0.05) is 6.58 Å². The van der Waals surface area contributed by atoms with Crippen LogP contribution in [0.4, 0.5) is 0 Å². The number of esters is 1. The molecule has 0 amide bonds. The lowest BCUT2D eigenvalue weighted by atomic mass is 10.0. The quantitative estimate of drug-likeness (QED) is 0.474. The Kier molecular flexibility index (Phi) is 5.55. The maximum Gasteiger partial charge on any atom is 0.330 e. The maximum atomic E-state index is 10.6. The van der Waals surface area contributed by atoms with Gasteiger partial charge in [0.25, 0.3) is 0 Å². The number of rotatable bonds is 6. The van der Waals surface area contributed by atoms with Crippen LogP contribution in [0.5, 0.6) is 0 Å². The second-order valence-electron chi connectivity index (χ2n) is 2.95. The lowest BCUT2D eigenvalue weighted by molar-refractivity contribution is -0.149. The molecular weight excluding hydrogens is 188 g/mol. The molecule has 0 saturated carbocycles. The molecule has 0 aliphatic carbocycles. The molecule has 80 valence electrons. The highest BCUT2D eigenvalue weighted by atomic mass is 16.5. The fourth-order valence-electron chi connectivity index (χ4n) is 0.894. The Balaban J connectivity index is 4.03. The van der Waals surface area contributed by atoms with Crippen LogP contribution in [-0.4, -0.2) is 34.9 Å². The molecule has 2 unspecified atom stereocenters. The molecule has 2 atom stereocenters. The van der Waals surface area contributed by atoms with E-state index in [0.717, 1.165) is 6.08 Å². The predicted molar refractivity (Wildman–Crippen MR) is 48.6 cm³/mol. The average Bonchev–Trinajstić information content (AvgIpc) is 2.10. The van der Waals surface area contributed by atoms with Crippen molar-refractivity contribution in [2.45, 2.75) is 19.4 Å². The van der Waals surface area contributed by atoms with Gasteiger partial charge < -0.3 is 14.9 Å². The second kappa shape index (κ2) is 6.15. The van der Waals surface area contributed by atoms with E-state index in [0.29, 0.717) is 0 Å². The highest BCUT2D eigenvalue weighted by Crippen LogP contribution is 2.08. The monoisotopic (exact) mass is 202 g/mol. The molecule has 0 bridgehead atoms. The largest absolute Gasteiger partial charge is 0.481 e. The molecule has 0 rings (SSSR count). The molecule has 5 nitrogen and oxygen atoms in total. The number of aliphatic hydroxyl groups excluding tert-OH is 1. The zero-order valence-corrected chi connectivity index (χ0v) is 7.97. The van der Waals surface area contributed by atoms with Crippen LogP contribution >= 0.6 is 0 Å². The maximum absolute atomic E-state index is 10.6. The molecule has 0 aromatic rings. The minimum atomic E-state index is -1.09. The van der Waals surface area contributed by atoms with E-state index < -0.39 is 24.0 Å². The summed E-state index contributed by atoms with van der Waals surface area (Å²) in [6.07, 6.45) is 0.277. The summed E-state index contributed by atoms with van der Waals surface area (Å²) in [6, 6.07) is 0. The van der Waals surface area contributed by atoms with Crippen molar-refractivity contribution in [3.63, 3.8) is 0 Å². The molecule has 5 heteroatoms. The molecule has 0 aliphatic heterocycles. The number of aliphatic hydroxyl groups is 1. The van der Waals surface area contributed by atoms with Crippen LogP contribution in [0.25, 0.3) is 0 Å². The third-order valence-electron chi connectivity index (χ3n) is 1.57. The van der Waals surface area contributed by atoms with Crippen molar-refractivity contribution in [1.29, 1.82) is 0 Å². The lowest BCUT2D eigenvalue weighted by Crippen LogP contribution is -2.25. The molecule has 0 spiro atoms. The fraction of sp³-hybridized carbons (Fsp3) is 0.556. The average molecular weight is 202 g/mol. The van der Waals surface area contributed by atoms with E-state index in [4.69, 9.17) is 10.2 Å². The van der Waals surface area contributed by atoms with E-state index in [-0.39, 0.29) is 13.0 Å². The Hall–Kier alpha value is -1.36. The third kappa shape index (κ3) is 5.31. The van der Waals surface area contributed by atoms with Gasteiger partial charge in [0.1, 0.15) is 6.61 Å². The van der Waals surface area contributed by atoms with Crippen molar-refractivity contribution < 1.29 is 24.5 Å². The summed E-state index contributed by atoms with van der Waals surface area (Å²) in [5.41, 5.74) is 0. The van der Waals surface area contributed by atoms with Gasteiger partial charge in [0.15, 0.2) is 0 Å². The van der Waals surface area contributed by atoms with E-state index in [1.165, 1.54) is 6.92 Å². The summed E-state index contributed by atoms with van der Waals surface area (Å²) in [6.45, 7) is 4.41. The number of ether oxygens (including phenoxy) is 1. The van der Waals surface area contributed by atoms with Crippen molar-refractivity contribution in [2.24, 2.45) is 5.92 Å². The van der Waals surface area contributed by atoms with Crippen molar-refractivity contribution >= 4 is 11.9 Å². The minimum absolute atomic E-state index is 0.0553. The Labute approximate surface area is 82.0 Å². The highest BCUT2D eigenvalue weighted by Gasteiger charge is 2.20. The molecule has 0 aromatic carbocycles. The van der Waals surface area contributed by atoms with Gasteiger partial charge in [0.05, 0.1) is 12.0 Å². The van der Waals surface area contributed by atoms with Gasteiger partial charge in [-0.3, -0.25) is 4.79 Å². The van der Waals surface area contributed by atoms with Crippen molar-refractivity contribution in [1.82, 2.24) is 0 Å². The van der Waals surface area contributed by atoms with Crippen molar-refractivity contribution in [2.75, 3.05) is 6.61 Å². The van der Waals surface area contributed by atoms with Gasteiger partial charge in [-0.15, -0.1) is 0 Å². The molecule has 0 radical (unpaired) electrons. The van der Waals surface area contributed by atoms with E-state index in [2.05, 4.69) is 11.3 Å². The smallest absolute Gasteiger partial charge is 0.330 e. The van der Waals surface area contributed by atoms with E-state index in [1.54, 1.807) is 0 Å². The third-order valence-corrected chi connectivity index (χ3v) is 1.57. The van der Waals surface area contributed by atoms with Crippen molar-refractivity contribution in [3.05, 3.63) is 12.7 Å². The number of carboxylic acids is 1. The number of carboxylic acid groups (broad SMARTS) is 1. The van der Waals surface area contributed by atoms with Crippen LogP contribution in [0.15, 0.2) is 12.7 Å². The minimum Gasteiger partial charge on any atom is -0.481 e. The van der Waals surface area contributed by atoms with Crippen LogP contribution in [-0.2, 0) is 14.3 Å². The second-order valence-corrected chi connectivity index (χ2v) is 2.95. The number of aliphatic carboxylic acids is 1. The standard InChI is InChI=1S/C9H14O5/c1-3-8(11)14-5-7(9(12)13)4-6(2)10/h3,6-7,10H,1,4-5H2,2H3,(H,12,13). The molecule has 0 saturated heterocycles. The number of hydrogen-bond acceptors (Lipinski definition) is 4. The van der Waals surface area contributed by atoms with Crippen LogP contribution in [0.1, 0.15) is 13.3 Å². The zero-order valence-electron chi connectivity index (χ0n) is 7.97. The van der Waals surface area contributed by atoms with Gasteiger partial charge in [0, 0.05) is 6.08 Å². The fourth-order valence-corrected chi connectivity index (χ4v) is 0.894. The van der Waals surface area contributed by atoms with Crippen LogP contribution in [0, 0.1) is 5.92 Å².